The molecule has 7 nitrogen and oxygen atoms in total. The minimum absolute atomic E-state index is 0.0255. The predicted octanol–water partition coefficient (Wildman–Crippen LogP) is 0.819. The largest absolute Gasteiger partial charge is 0.478 e. The summed E-state index contributed by atoms with van der Waals surface area (Å²) in [6.45, 7) is 1.27. The molecule has 0 amide bonds. The Bertz CT molecular complexity index is 469. The second kappa shape index (κ2) is 4.47. The molecular weight excluding hydrogens is 216 g/mol. The molecule has 0 aliphatic carbocycles. The number of aromatic carboxylic acids is 1. The number of hydrogen-bond donors (Lipinski definition) is 1. The van der Waals surface area contributed by atoms with Crippen molar-refractivity contribution in [3.63, 3.8) is 0 Å². The van der Waals surface area contributed by atoms with E-state index in [4.69, 9.17) is 5.11 Å². The number of hydrogen-bond acceptors (Lipinski definition) is 5. The molecule has 0 aliphatic rings. The standard InChI is InChI=1S/C9H8N2O5/c1-5(12)2-7-8(11(15)16)3-6(4-10-7)9(13)14/h3-4H,2H2,1H3,(H,13,14). The lowest BCUT2D eigenvalue weighted by Gasteiger charge is -2.00. The number of Topliss-reactive ketones (excluding diaryl/α,β-unsaturated/α-hetero) is 1. The van der Waals surface area contributed by atoms with E-state index in [1.807, 2.05) is 0 Å². The summed E-state index contributed by atoms with van der Waals surface area (Å²) in [5, 5.41) is 19.3. The molecule has 0 unspecified atom stereocenters. The van der Waals surface area contributed by atoms with Gasteiger partial charge in [0.2, 0.25) is 0 Å². The molecule has 1 rings (SSSR count). The van der Waals surface area contributed by atoms with Crippen LogP contribution in [0, 0.1) is 10.1 Å². The van der Waals surface area contributed by atoms with Crippen LogP contribution >= 0.6 is 0 Å². The fourth-order valence-corrected chi connectivity index (χ4v) is 1.13. The van der Waals surface area contributed by atoms with E-state index in [-0.39, 0.29) is 23.5 Å². The third-order valence-corrected chi connectivity index (χ3v) is 1.81. The van der Waals surface area contributed by atoms with Gasteiger partial charge in [-0.1, -0.05) is 0 Å². The lowest BCUT2D eigenvalue weighted by atomic mass is 10.1. The number of carboxylic acid groups (broad SMARTS) is 1. The van der Waals surface area contributed by atoms with Gasteiger partial charge in [0, 0.05) is 12.3 Å². The summed E-state index contributed by atoms with van der Waals surface area (Å²) < 4.78 is 0. The summed E-state index contributed by atoms with van der Waals surface area (Å²) >= 11 is 0. The van der Waals surface area contributed by atoms with E-state index in [1.165, 1.54) is 6.92 Å². The summed E-state index contributed by atoms with van der Waals surface area (Å²) in [6.07, 6.45) is 0.809. The zero-order valence-corrected chi connectivity index (χ0v) is 8.34. The molecule has 0 bridgehead atoms. The van der Waals surface area contributed by atoms with Gasteiger partial charge >= 0.3 is 5.97 Å². The number of nitro groups is 1. The van der Waals surface area contributed by atoms with Crippen LogP contribution in [0.25, 0.3) is 0 Å². The minimum Gasteiger partial charge on any atom is -0.478 e. The van der Waals surface area contributed by atoms with Crippen molar-refractivity contribution < 1.29 is 19.6 Å². The van der Waals surface area contributed by atoms with E-state index < -0.39 is 16.6 Å². The van der Waals surface area contributed by atoms with E-state index in [1.54, 1.807) is 0 Å². The Morgan fingerprint density at radius 1 is 1.56 bits per heavy atom. The van der Waals surface area contributed by atoms with Crippen LogP contribution in [0.1, 0.15) is 23.0 Å². The number of nitrogens with zero attached hydrogens (tertiary/aromatic N) is 2. The van der Waals surface area contributed by atoms with Gasteiger partial charge in [-0.05, 0) is 6.92 Å². The molecule has 16 heavy (non-hydrogen) atoms. The van der Waals surface area contributed by atoms with Gasteiger partial charge < -0.3 is 5.11 Å². The highest BCUT2D eigenvalue weighted by Crippen LogP contribution is 2.18. The predicted molar refractivity (Wildman–Crippen MR) is 52.2 cm³/mol. The summed E-state index contributed by atoms with van der Waals surface area (Å²) in [6, 6.07) is 0.896. The number of aromatic nitrogens is 1. The molecule has 0 saturated carbocycles. The van der Waals surface area contributed by atoms with Crippen molar-refractivity contribution in [3.05, 3.63) is 33.6 Å². The Labute approximate surface area is 89.9 Å². The fourth-order valence-electron chi connectivity index (χ4n) is 1.13. The Morgan fingerprint density at radius 3 is 2.62 bits per heavy atom. The van der Waals surface area contributed by atoms with Crippen molar-refractivity contribution >= 4 is 17.4 Å². The second-order valence-corrected chi connectivity index (χ2v) is 3.13. The first-order valence-electron chi connectivity index (χ1n) is 4.28. The van der Waals surface area contributed by atoms with Crippen molar-refractivity contribution in [2.45, 2.75) is 13.3 Å². The van der Waals surface area contributed by atoms with Crippen molar-refractivity contribution in [1.29, 1.82) is 0 Å². The normalized spacial score (nSPS) is 9.81. The second-order valence-electron chi connectivity index (χ2n) is 3.13. The fraction of sp³-hybridized carbons (Fsp3) is 0.222. The molecule has 0 saturated heterocycles. The molecule has 7 heteroatoms. The maximum absolute atomic E-state index is 10.8. The molecule has 1 heterocycles. The molecule has 1 N–H and O–H groups in total. The minimum atomic E-state index is -1.30. The first-order valence-corrected chi connectivity index (χ1v) is 4.28. The number of rotatable bonds is 4. The number of carbonyl (C=O) groups is 2. The molecule has 0 radical (unpaired) electrons. The molecule has 0 fully saturated rings. The Balaban J connectivity index is 3.24. The van der Waals surface area contributed by atoms with E-state index in [9.17, 15) is 19.7 Å². The summed E-state index contributed by atoms with van der Waals surface area (Å²) in [5.41, 5.74) is -0.753. The monoisotopic (exact) mass is 224 g/mol. The van der Waals surface area contributed by atoms with Gasteiger partial charge in [-0.2, -0.15) is 0 Å². The van der Waals surface area contributed by atoms with E-state index in [0.717, 1.165) is 12.3 Å². The molecule has 84 valence electrons. The number of carbonyl (C=O) groups excluding carboxylic acids is 1. The summed E-state index contributed by atoms with van der Waals surface area (Å²) in [5.74, 6) is -1.58. The average molecular weight is 224 g/mol. The van der Waals surface area contributed by atoms with Gasteiger partial charge in [-0.15, -0.1) is 0 Å². The van der Waals surface area contributed by atoms with Crippen LogP contribution in [0.4, 0.5) is 5.69 Å². The van der Waals surface area contributed by atoms with Crippen LogP contribution in [-0.4, -0.2) is 26.8 Å². The number of ketones is 1. The SMILES string of the molecule is CC(=O)Cc1ncc(C(=O)O)cc1[N+](=O)[O-]. The smallest absolute Gasteiger partial charge is 0.337 e. The van der Waals surface area contributed by atoms with Crippen molar-refractivity contribution in [2.24, 2.45) is 0 Å². The van der Waals surface area contributed by atoms with E-state index >= 15 is 0 Å². The number of carboxylic acids is 1. The third-order valence-electron chi connectivity index (χ3n) is 1.81. The maximum Gasteiger partial charge on any atom is 0.337 e. The molecule has 0 atom stereocenters. The van der Waals surface area contributed by atoms with Crippen LogP contribution in [0.5, 0.6) is 0 Å². The first kappa shape index (κ1) is 11.8. The Hall–Kier alpha value is -2.31. The molecule has 0 aliphatic heterocycles. The molecule has 0 aromatic carbocycles. The maximum atomic E-state index is 10.8. The van der Waals surface area contributed by atoms with Crippen LogP contribution in [0.3, 0.4) is 0 Å². The highest BCUT2D eigenvalue weighted by molar-refractivity contribution is 5.88. The van der Waals surface area contributed by atoms with Crippen molar-refractivity contribution in [3.8, 4) is 0 Å². The topological polar surface area (TPSA) is 110 Å². The summed E-state index contributed by atoms with van der Waals surface area (Å²) in [7, 11) is 0. The zero-order chi connectivity index (χ0) is 12.3. The molecule has 1 aromatic heterocycles. The van der Waals surface area contributed by atoms with Crippen LogP contribution in [-0.2, 0) is 11.2 Å². The third kappa shape index (κ3) is 2.59. The number of pyridine rings is 1. The lowest BCUT2D eigenvalue weighted by molar-refractivity contribution is -0.385. The van der Waals surface area contributed by atoms with Gasteiger partial charge in [0.15, 0.2) is 0 Å². The van der Waals surface area contributed by atoms with Gasteiger partial charge in [0.25, 0.3) is 5.69 Å². The lowest BCUT2D eigenvalue weighted by Crippen LogP contribution is -2.07. The van der Waals surface area contributed by atoms with Crippen molar-refractivity contribution in [2.75, 3.05) is 0 Å². The van der Waals surface area contributed by atoms with Gasteiger partial charge in [0.05, 0.1) is 16.9 Å². The Morgan fingerprint density at radius 2 is 2.19 bits per heavy atom. The average Bonchev–Trinajstić information content (AvgIpc) is 2.16. The van der Waals surface area contributed by atoms with E-state index in [0.29, 0.717) is 0 Å². The Kier molecular flexibility index (Phi) is 3.29. The van der Waals surface area contributed by atoms with Crippen LogP contribution < -0.4 is 0 Å². The zero-order valence-electron chi connectivity index (χ0n) is 8.34. The molecule has 1 aromatic rings. The van der Waals surface area contributed by atoms with Gasteiger partial charge in [-0.25, -0.2) is 4.79 Å². The van der Waals surface area contributed by atoms with Gasteiger partial charge in [-0.3, -0.25) is 19.9 Å². The van der Waals surface area contributed by atoms with Crippen LogP contribution in [0.15, 0.2) is 12.3 Å². The van der Waals surface area contributed by atoms with Gasteiger partial charge in [0.1, 0.15) is 11.5 Å². The van der Waals surface area contributed by atoms with Crippen molar-refractivity contribution in [1.82, 2.24) is 4.98 Å². The molecular formula is C9H8N2O5. The highest BCUT2D eigenvalue weighted by atomic mass is 16.6. The quantitative estimate of drug-likeness (QED) is 0.598. The molecule has 0 spiro atoms. The van der Waals surface area contributed by atoms with E-state index in [2.05, 4.69) is 4.98 Å². The first-order chi connectivity index (χ1) is 7.41. The van der Waals surface area contributed by atoms with Crippen LogP contribution in [0.2, 0.25) is 0 Å². The highest BCUT2D eigenvalue weighted by Gasteiger charge is 2.19. The summed E-state index contributed by atoms with van der Waals surface area (Å²) in [4.78, 5) is 34.9.